The van der Waals surface area contributed by atoms with Gasteiger partial charge in [-0.15, -0.1) is 0 Å². The van der Waals surface area contributed by atoms with Crippen LogP contribution in [0.5, 0.6) is 0 Å². The van der Waals surface area contributed by atoms with E-state index in [1.54, 1.807) is 0 Å². The molecule has 6 heteroatoms. The van der Waals surface area contributed by atoms with Gasteiger partial charge in [-0.3, -0.25) is 9.59 Å². The number of hydrogen-bond acceptors (Lipinski definition) is 5. The molecule has 2 unspecified atom stereocenters. The third-order valence-corrected chi connectivity index (χ3v) is 18.8. The fraction of sp³-hybridized carbons (Fsp3) is 0.949. The molecule has 1 amide bonds. The third-order valence-electron chi connectivity index (χ3n) is 18.8. The number of unbranched alkanes of at least 4 members (excludes halogenated alkanes) is 62. The van der Waals surface area contributed by atoms with Gasteiger partial charge in [0.05, 0.1) is 25.4 Å². The van der Waals surface area contributed by atoms with Gasteiger partial charge >= 0.3 is 5.97 Å². The van der Waals surface area contributed by atoms with Gasteiger partial charge in [-0.25, -0.2) is 0 Å². The predicted octanol–water partition coefficient (Wildman–Crippen LogP) is 25.9. The number of amides is 1. The van der Waals surface area contributed by atoms with Crippen molar-refractivity contribution in [3.8, 4) is 0 Å². The molecule has 0 aromatic carbocycles. The van der Waals surface area contributed by atoms with Gasteiger partial charge in [0.25, 0.3) is 0 Å². The number of carbonyl (C=O) groups excluding carboxylic acids is 2. The molecule has 0 aliphatic carbocycles. The normalized spacial score (nSPS) is 12.5. The van der Waals surface area contributed by atoms with Crippen molar-refractivity contribution < 1.29 is 24.5 Å². The van der Waals surface area contributed by atoms with Gasteiger partial charge in [-0.1, -0.05) is 405 Å². The number of carbonyl (C=O) groups is 2. The second-order valence-electron chi connectivity index (χ2n) is 27.4. The van der Waals surface area contributed by atoms with E-state index in [0.717, 1.165) is 38.5 Å². The first kappa shape index (κ1) is 83.6. The fourth-order valence-corrected chi connectivity index (χ4v) is 12.8. The van der Waals surface area contributed by atoms with Crippen molar-refractivity contribution in [1.29, 1.82) is 0 Å². The summed E-state index contributed by atoms with van der Waals surface area (Å²) < 4.78 is 5.50. The first-order valence-electron chi connectivity index (χ1n) is 39.4. The molecule has 2 atom stereocenters. The van der Waals surface area contributed by atoms with E-state index in [1.807, 2.05) is 0 Å². The average molecular weight is 1200 g/mol. The monoisotopic (exact) mass is 1200 g/mol. The van der Waals surface area contributed by atoms with Gasteiger partial charge in [0, 0.05) is 12.8 Å². The quantitative estimate of drug-likeness (QED) is 0.0320. The summed E-state index contributed by atoms with van der Waals surface area (Å²) in [5.41, 5.74) is 0. The van der Waals surface area contributed by atoms with Gasteiger partial charge < -0.3 is 20.3 Å². The Morgan fingerprint density at radius 1 is 0.318 bits per heavy atom. The summed E-state index contributed by atoms with van der Waals surface area (Å²) in [6.07, 6.45) is 94.6. The van der Waals surface area contributed by atoms with E-state index in [2.05, 4.69) is 31.3 Å². The molecule has 0 bridgehead atoms. The highest BCUT2D eigenvalue weighted by Crippen LogP contribution is 2.20. The first-order valence-corrected chi connectivity index (χ1v) is 39.4. The number of nitrogens with one attached hydrogen (secondary N) is 1. The first-order chi connectivity index (χ1) is 42.0. The second-order valence-corrected chi connectivity index (χ2v) is 27.4. The number of aliphatic hydroxyl groups excluding tert-OH is 2. The Morgan fingerprint density at radius 2 is 0.553 bits per heavy atom. The molecule has 506 valence electrons. The Labute approximate surface area is 533 Å². The Kier molecular flexibility index (Phi) is 73.8. The Hall–Kier alpha value is -1.40. The molecule has 0 saturated heterocycles. The largest absolute Gasteiger partial charge is 0.466 e. The summed E-state index contributed by atoms with van der Waals surface area (Å²) in [6, 6.07) is -0.537. The Morgan fingerprint density at radius 3 is 0.835 bits per heavy atom. The molecule has 0 aliphatic heterocycles. The summed E-state index contributed by atoms with van der Waals surface area (Å²) in [6.45, 7) is 5.01. The number of esters is 1. The average Bonchev–Trinajstić information content (AvgIpc) is 3.54. The van der Waals surface area contributed by atoms with Crippen molar-refractivity contribution in [3.05, 3.63) is 12.2 Å². The Bertz CT molecular complexity index is 1290. The Balaban J connectivity index is 3.31. The smallest absolute Gasteiger partial charge is 0.305 e. The lowest BCUT2D eigenvalue weighted by Crippen LogP contribution is -2.45. The van der Waals surface area contributed by atoms with E-state index in [9.17, 15) is 19.8 Å². The van der Waals surface area contributed by atoms with E-state index in [1.165, 1.54) is 385 Å². The highest BCUT2D eigenvalue weighted by molar-refractivity contribution is 5.76. The minimum Gasteiger partial charge on any atom is -0.466 e. The van der Waals surface area contributed by atoms with Crippen LogP contribution in [0.4, 0.5) is 0 Å². The van der Waals surface area contributed by atoms with Gasteiger partial charge in [0.15, 0.2) is 0 Å². The summed E-state index contributed by atoms with van der Waals surface area (Å²) in [4.78, 5) is 24.6. The van der Waals surface area contributed by atoms with Gasteiger partial charge in [0.2, 0.25) is 5.91 Å². The van der Waals surface area contributed by atoms with Crippen LogP contribution in [-0.4, -0.2) is 47.4 Å². The van der Waals surface area contributed by atoms with E-state index in [4.69, 9.17) is 4.74 Å². The maximum atomic E-state index is 12.5. The van der Waals surface area contributed by atoms with Crippen molar-refractivity contribution in [2.45, 2.75) is 469 Å². The van der Waals surface area contributed by atoms with Crippen LogP contribution >= 0.6 is 0 Å². The number of hydrogen-bond donors (Lipinski definition) is 3. The van der Waals surface area contributed by atoms with Crippen molar-refractivity contribution in [2.75, 3.05) is 13.2 Å². The van der Waals surface area contributed by atoms with Crippen LogP contribution in [0.25, 0.3) is 0 Å². The minimum absolute atomic E-state index is 0.0250. The van der Waals surface area contributed by atoms with Crippen LogP contribution in [0.1, 0.15) is 457 Å². The van der Waals surface area contributed by atoms with E-state index < -0.39 is 12.1 Å². The molecule has 6 nitrogen and oxygen atoms in total. The zero-order chi connectivity index (χ0) is 61.3. The molecule has 3 N–H and O–H groups in total. The summed E-state index contributed by atoms with van der Waals surface area (Å²) in [5.74, 6) is -0.00132. The van der Waals surface area contributed by atoms with E-state index in [-0.39, 0.29) is 18.5 Å². The van der Waals surface area contributed by atoms with Gasteiger partial charge in [0.1, 0.15) is 0 Å². The van der Waals surface area contributed by atoms with Crippen molar-refractivity contribution in [1.82, 2.24) is 5.32 Å². The SMILES string of the molecule is CCCCCCCCCCCCCCCCCCC(O)C(CO)NC(=O)CCCCCCCCCCCCCCCCCCC/C=C\CCCCCCCCCCCCCCCCCCCCOC(=O)CCCCCCCCCCCCCCC. The molecular weight excluding hydrogens is 1040 g/mol. The van der Waals surface area contributed by atoms with Crippen LogP contribution in [0.15, 0.2) is 12.2 Å². The molecular formula is C79H155NO5. The van der Waals surface area contributed by atoms with Crippen molar-refractivity contribution >= 4 is 11.9 Å². The summed E-state index contributed by atoms with van der Waals surface area (Å²) in [5, 5.41) is 23.4. The third kappa shape index (κ3) is 71.6. The van der Waals surface area contributed by atoms with Crippen LogP contribution in [0.2, 0.25) is 0 Å². The predicted molar refractivity (Wildman–Crippen MR) is 375 cm³/mol. The molecule has 0 rings (SSSR count). The molecule has 0 aliphatic rings. The zero-order valence-electron chi connectivity index (χ0n) is 58.1. The van der Waals surface area contributed by atoms with Crippen molar-refractivity contribution in [2.24, 2.45) is 0 Å². The molecule has 85 heavy (non-hydrogen) atoms. The molecule has 0 aromatic rings. The van der Waals surface area contributed by atoms with E-state index >= 15 is 0 Å². The molecule has 0 fully saturated rings. The standard InChI is InChI=1S/C79H155NO5/c1-3-5-7-9-11-13-15-17-18-44-48-51-55-59-63-67-71-77(82)76(75-81)80-78(83)72-68-64-60-56-52-49-45-42-40-38-36-34-32-30-28-26-24-22-20-19-21-23-25-27-29-31-33-35-37-39-41-43-46-50-54-58-62-66-70-74-85-79(84)73-69-65-61-57-53-47-16-14-12-10-8-6-4-2/h19-20,76-77,81-82H,3-18,21-75H2,1-2H3,(H,80,83)/b20-19-. The lowest BCUT2D eigenvalue weighted by Gasteiger charge is -2.22. The summed E-state index contributed by atoms with van der Waals surface area (Å²) >= 11 is 0. The zero-order valence-corrected chi connectivity index (χ0v) is 58.1. The molecule has 0 aromatic heterocycles. The molecule has 0 radical (unpaired) electrons. The fourth-order valence-electron chi connectivity index (χ4n) is 12.8. The van der Waals surface area contributed by atoms with Crippen LogP contribution in [-0.2, 0) is 14.3 Å². The van der Waals surface area contributed by atoms with Crippen LogP contribution in [0, 0.1) is 0 Å². The number of ether oxygens (including phenoxy) is 1. The molecule has 0 saturated carbocycles. The maximum absolute atomic E-state index is 12.5. The molecule has 0 heterocycles. The number of rotatable bonds is 75. The van der Waals surface area contributed by atoms with Crippen LogP contribution in [0.3, 0.4) is 0 Å². The number of aliphatic hydroxyl groups is 2. The van der Waals surface area contributed by atoms with E-state index in [0.29, 0.717) is 25.9 Å². The van der Waals surface area contributed by atoms with Crippen LogP contribution < -0.4 is 5.32 Å². The highest BCUT2D eigenvalue weighted by atomic mass is 16.5. The lowest BCUT2D eigenvalue weighted by molar-refractivity contribution is -0.143. The highest BCUT2D eigenvalue weighted by Gasteiger charge is 2.20. The maximum Gasteiger partial charge on any atom is 0.305 e. The van der Waals surface area contributed by atoms with Gasteiger partial charge in [-0.2, -0.15) is 0 Å². The second kappa shape index (κ2) is 75.1. The number of allylic oxidation sites excluding steroid dienone is 2. The van der Waals surface area contributed by atoms with Gasteiger partial charge in [-0.05, 0) is 51.4 Å². The lowest BCUT2D eigenvalue weighted by atomic mass is 10.0. The molecule has 0 spiro atoms. The topological polar surface area (TPSA) is 95.9 Å². The van der Waals surface area contributed by atoms with Crippen molar-refractivity contribution in [3.63, 3.8) is 0 Å². The summed E-state index contributed by atoms with van der Waals surface area (Å²) in [7, 11) is 0. The minimum atomic E-state index is -0.660.